The molecule has 2 aliphatic heterocycles. The molecule has 2 saturated heterocycles. The van der Waals surface area contributed by atoms with Gasteiger partial charge in [0.05, 0.1) is 32.5 Å². The van der Waals surface area contributed by atoms with Gasteiger partial charge in [0.1, 0.15) is 0 Å². The summed E-state index contributed by atoms with van der Waals surface area (Å²) in [6, 6.07) is 0. The Bertz CT molecular complexity index is 345. The summed E-state index contributed by atoms with van der Waals surface area (Å²) in [5, 5.41) is 51.9. The van der Waals surface area contributed by atoms with Crippen molar-refractivity contribution in [3.63, 3.8) is 0 Å². The quantitative estimate of drug-likeness (QED) is 0.220. The van der Waals surface area contributed by atoms with Crippen molar-refractivity contribution in [2.24, 2.45) is 0 Å². The SMILES string of the molecule is OCC(O)CN1CCCCC1.OCCCN(CCO)CCO.OCCN1CCCCC1. The van der Waals surface area contributed by atoms with Crippen molar-refractivity contribution in [3.05, 3.63) is 0 Å². The fourth-order valence-electron chi connectivity index (χ4n) is 3.73. The van der Waals surface area contributed by atoms with Crippen LogP contribution in [0.1, 0.15) is 44.9 Å². The number of hydrogen-bond donors (Lipinski definition) is 6. The average molecular weight is 452 g/mol. The summed E-state index contributed by atoms with van der Waals surface area (Å²) in [6.07, 6.45) is 7.94. The smallest absolute Gasteiger partial charge is 0.0897 e. The summed E-state index contributed by atoms with van der Waals surface area (Å²) in [7, 11) is 0. The van der Waals surface area contributed by atoms with Gasteiger partial charge in [-0.05, 0) is 58.3 Å². The summed E-state index contributed by atoms with van der Waals surface area (Å²) in [5.74, 6) is 0. The molecule has 9 nitrogen and oxygen atoms in total. The van der Waals surface area contributed by atoms with Crippen molar-refractivity contribution >= 4 is 0 Å². The van der Waals surface area contributed by atoms with Crippen molar-refractivity contribution in [2.75, 3.05) is 91.9 Å². The van der Waals surface area contributed by atoms with Crippen LogP contribution in [0.3, 0.4) is 0 Å². The van der Waals surface area contributed by atoms with E-state index < -0.39 is 6.10 Å². The van der Waals surface area contributed by atoms with Gasteiger partial charge in [0, 0.05) is 39.3 Å². The maximum atomic E-state index is 9.12. The van der Waals surface area contributed by atoms with E-state index in [9.17, 15) is 0 Å². The van der Waals surface area contributed by atoms with Crippen LogP contribution in [-0.4, -0.2) is 143 Å². The number of nitrogens with zero attached hydrogens (tertiary/aromatic N) is 3. The van der Waals surface area contributed by atoms with Crippen molar-refractivity contribution in [1.82, 2.24) is 14.7 Å². The van der Waals surface area contributed by atoms with Gasteiger partial charge < -0.3 is 40.4 Å². The van der Waals surface area contributed by atoms with Gasteiger partial charge in [-0.2, -0.15) is 0 Å². The summed E-state index contributed by atoms with van der Waals surface area (Å²) in [6.45, 7) is 8.51. The maximum absolute atomic E-state index is 9.12. The predicted molar refractivity (Wildman–Crippen MR) is 123 cm³/mol. The van der Waals surface area contributed by atoms with E-state index in [2.05, 4.69) is 9.80 Å². The molecular formula is C22H49N3O6. The number of aliphatic hydroxyl groups excluding tert-OH is 6. The second-order valence-electron chi connectivity index (χ2n) is 8.19. The first-order valence-electron chi connectivity index (χ1n) is 12.0. The van der Waals surface area contributed by atoms with E-state index in [1.807, 2.05) is 4.90 Å². The molecule has 0 amide bonds. The number of hydrogen-bond acceptors (Lipinski definition) is 9. The van der Waals surface area contributed by atoms with Crippen LogP contribution < -0.4 is 0 Å². The first-order valence-corrected chi connectivity index (χ1v) is 12.0. The highest BCUT2D eigenvalue weighted by Crippen LogP contribution is 2.08. The first kappa shape index (κ1) is 30.6. The molecule has 188 valence electrons. The van der Waals surface area contributed by atoms with Crippen molar-refractivity contribution in [3.8, 4) is 0 Å². The molecule has 0 aromatic heterocycles. The van der Waals surface area contributed by atoms with Gasteiger partial charge >= 0.3 is 0 Å². The van der Waals surface area contributed by atoms with Crippen LogP contribution in [0.4, 0.5) is 0 Å². The molecule has 2 rings (SSSR count). The zero-order valence-electron chi connectivity index (χ0n) is 19.5. The highest BCUT2D eigenvalue weighted by Gasteiger charge is 2.13. The number of rotatable bonds is 12. The third kappa shape index (κ3) is 18.9. The Labute approximate surface area is 188 Å². The Kier molecular flexibility index (Phi) is 22.6. The molecule has 0 bridgehead atoms. The highest BCUT2D eigenvalue weighted by molar-refractivity contribution is 4.68. The zero-order valence-corrected chi connectivity index (χ0v) is 19.5. The molecule has 0 aliphatic carbocycles. The van der Waals surface area contributed by atoms with E-state index in [0.717, 1.165) is 26.2 Å². The Morgan fingerprint density at radius 3 is 1.55 bits per heavy atom. The van der Waals surface area contributed by atoms with Crippen molar-refractivity contribution in [1.29, 1.82) is 0 Å². The minimum atomic E-state index is -0.548. The van der Waals surface area contributed by atoms with Gasteiger partial charge in [0.2, 0.25) is 0 Å². The van der Waals surface area contributed by atoms with E-state index in [4.69, 9.17) is 30.6 Å². The second-order valence-corrected chi connectivity index (χ2v) is 8.19. The van der Waals surface area contributed by atoms with Gasteiger partial charge in [-0.3, -0.25) is 4.90 Å². The Morgan fingerprint density at radius 2 is 1.13 bits per heavy atom. The number of piperidine rings is 2. The average Bonchev–Trinajstić information content (AvgIpc) is 2.80. The van der Waals surface area contributed by atoms with Crippen LogP contribution in [0.25, 0.3) is 0 Å². The third-order valence-electron chi connectivity index (χ3n) is 5.46. The van der Waals surface area contributed by atoms with Gasteiger partial charge in [-0.15, -0.1) is 0 Å². The van der Waals surface area contributed by atoms with E-state index in [-0.39, 0.29) is 26.4 Å². The van der Waals surface area contributed by atoms with Crippen LogP contribution in [0.15, 0.2) is 0 Å². The van der Waals surface area contributed by atoms with E-state index in [0.29, 0.717) is 32.7 Å². The molecule has 6 N–H and O–H groups in total. The summed E-state index contributed by atoms with van der Waals surface area (Å²) < 4.78 is 0. The standard InChI is InChI=1S/C8H17NO2.C7H17NO3.C7H15NO/c10-7-8(11)6-9-4-2-1-3-5-9;9-5-1-2-8(3-6-10)4-7-11;9-7-6-8-4-2-1-3-5-8/h8,10-11H,1-7H2;9-11H,1-7H2;9H,1-7H2. The molecule has 0 aromatic rings. The Morgan fingerprint density at radius 1 is 0.613 bits per heavy atom. The monoisotopic (exact) mass is 451 g/mol. The lowest BCUT2D eigenvalue weighted by Gasteiger charge is -2.27. The molecule has 0 spiro atoms. The summed E-state index contributed by atoms with van der Waals surface area (Å²) in [5.41, 5.74) is 0. The second kappa shape index (κ2) is 22.8. The lowest BCUT2D eigenvalue weighted by atomic mass is 10.1. The number of aliphatic hydroxyl groups is 6. The van der Waals surface area contributed by atoms with E-state index >= 15 is 0 Å². The predicted octanol–water partition coefficient (Wildman–Crippen LogP) is -1.05. The topological polar surface area (TPSA) is 131 Å². The van der Waals surface area contributed by atoms with Crippen molar-refractivity contribution < 1.29 is 30.6 Å². The lowest BCUT2D eigenvalue weighted by Crippen LogP contribution is -2.37. The van der Waals surface area contributed by atoms with Crippen LogP contribution >= 0.6 is 0 Å². The van der Waals surface area contributed by atoms with Gasteiger partial charge in [-0.1, -0.05) is 12.8 Å². The third-order valence-corrected chi connectivity index (χ3v) is 5.46. The zero-order chi connectivity index (χ0) is 23.2. The Balaban J connectivity index is 0.000000438. The minimum absolute atomic E-state index is 0.103. The van der Waals surface area contributed by atoms with Crippen LogP contribution in [0.2, 0.25) is 0 Å². The van der Waals surface area contributed by atoms with Crippen LogP contribution in [-0.2, 0) is 0 Å². The van der Waals surface area contributed by atoms with E-state index in [1.54, 1.807) is 0 Å². The fraction of sp³-hybridized carbons (Fsp3) is 1.00. The molecule has 2 heterocycles. The highest BCUT2D eigenvalue weighted by atomic mass is 16.3. The molecule has 2 fully saturated rings. The normalized spacial score (nSPS) is 18.7. The number of β-amino-alcohol motifs (C(OH)–C–C–N with tert-alkyl or cyclic N) is 2. The molecular weight excluding hydrogens is 402 g/mol. The Hall–Kier alpha value is -0.360. The van der Waals surface area contributed by atoms with E-state index in [1.165, 1.54) is 51.6 Å². The molecule has 0 radical (unpaired) electrons. The number of likely N-dealkylation sites (tertiary alicyclic amines) is 2. The molecule has 0 aromatic carbocycles. The summed E-state index contributed by atoms with van der Waals surface area (Å²) >= 11 is 0. The van der Waals surface area contributed by atoms with Crippen molar-refractivity contribution in [2.45, 2.75) is 51.0 Å². The lowest BCUT2D eigenvalue weighted by molar-refractivity contribution is 0.0533. The molecule has 9 heteroatoms. The molecule has 0 saturated carbocycles. The van der Waals surface area contributed by atoms with Gasteiger partial charge in [0.25, 0.3) is 0 Å². The molecule has 1 atom stereocenters. The molecule has 1 unspecified atom stereocenters. The minimum Gasteiger partial charge on any atom is -0.396 e. The van der Waals surface area contributed by atoms with Gasteiger partial charge in [0.15, 0.2) is 0 Å². The maximum Gasteiger partial charge on any atom is 0.0897 e. The van der Waals surface area contributed by atoms with Crippen LogP contribution in [0.5, 0.6) is 0 Å². The molecule has 31 heavy (non-hydrogen) atoms. The van der Waals surface area contributed by atoms with Crippen LogP contribution in [0, 0.1) is 0 Å². The molecule has 2 aliphatic rings. The first-order chi connectivity index (χ1) is 15.1. The fourth-order valence-corrected chi connectivity index (χ4v) is 3.73. The van der Waals surface area contributed by atoms with Gasteiger partial charge in [-0.25, -0.2) is 0 Å². The summed E-state index contributed by atoms with van der Waals surface area (Å²) in [4.78, 5) is 6.45. The largest absolute Gasteiger partial charge is 0.396 e.